The lowest BCUT2D eigenvalue weighted by Crippen LogP contribution is -2.17. The lowest BCUT2D eigenvalue weighted by Gasteiger charge is -2.11. The molecule has 0 amide bonds. The van der Waals surface area contributed by atoms with Crippen molar-refractivity contribution in [2.45, 2.75) is 20.3 Å². The van der Waals surface area contributed by atoms with E-state index >= 15 is 0 Å². The molecule has 1 aromatic carbocycles. The van der Waals surface area contributed by atoms with Crippen molar-refractivity contribution in [3.8, 4) is 5.75 Å². The smallest absolute Gasteiger partial charge is 0.153 e. The van der Waals surface area contributed by atoms with Crippen LogP contribution < -0.4 is 4.74 Å². The maximum absolute atomic E-state index is 13.2. The van der Waals surface area contributed by atoms with Crippen LogP contribution in [-0.2, 0) is 9.84 Å². The van der Waals surface area contributed by atoms with E-state index in [1.165, 1.54) is 25.1 Å². The van der Waals surface area contributed by atoms with Gasteiger partial charge in [-0.2, -0.15) is 0 Å². The predicted molar refractivity (Wildman–Crippen MR) is 74.8 cm³/mol. The lowest BCUT2D eigenvalue weighted by atomic mass is 10.1. The zero-order valence-corrected chi connectivity index (χ0v) is 12.3. The maximum Gasteiger partial charge on any atom is 0.153 e. The van der Waals surface area contributed by atoms with Crippen LogP contribution in [0.3, 0.4) is 0 Å². The molecule has 0 aliphatic heterocycles. The van der Waals surface area contributed by atoms with Gasteiger partial charge in [-0.05, 0) is 31.5 Å². The quantitative estimate of drug-likeness (QED) is 0.476. The van der Waals surface area contributed by atoms with Crippen molar-refractivity contribution in [2.24, 2.45) is 5.16 Å². The van der Waals surface area contributed by atoms with Crippen LogP contribution in [0.4, 0.5) is 4.39 Å². The topological polar surface area (TPSA) is 76.0 Å². The van der Waals surface area contributed by atoms with Gasteiger partial charge < -0.3 is 9.94 Å². The molecule has 5 nitrogen and oxygen atoms in total. The highest BCUT2D eigenvalue weighted by Gasteiger charge is 2.12. The Kier molecular flexibility index (Phi) is 5.94. The molecule has 1 N–H and O–H groups in total. The van der Waals surface area contributed by atoms with Crippen LogP contribution in [0.25, 0.3) is 0 Å². The van der Waals surface area contributed by atoms with Crippen molar-refractivity contribution in [1.29, 1.82) is 0 Å². The van der Waals surface area contributed by atoms with Gasteiger partial charge in [-0.15, -0.1) is 0 Å². The molecule has 0 saturated carbocycles. The molecule has 0 atom stereocenters. The minimum Gasteiger partial charge on any atom is -0.492 e. The molecule has 0 radical (unpaired) electrons. The summed E-state index contributed by atoms with van der Waals surface area (Å²) in [5.74, 6) is -0.196. The number of ether oxygens (including phenoxy) is 1. The van der Waals surface area contributed by atoms with Crippen molar-refractivity contribution < 1.29 is 22.8 Å². The van der Waals surface area contributed by atoms with E-state index in [1.807, 2.05) is 0 Å². The SMILES string of the molecule is CCCS(=O)(=O)CCOc1ccc(F)cc1/C(C)=N/O. The maximum atomic E-state index is 13.2. The zero-order chi connectivity index (χ0) is 15.2. The van der Waals surface area contributed by atoms with Crippen molar-refractivity contribution in [2.75, 3.05) is 18.1 Å². The monoisotopic (exact) mass is 303 g/mol. The second kappa shape index (κ2) is 7.23. The van der Waals surface area contributed by atoms with Crippen LogP contribution in [0.5, 0.6) is 5.75 Å². The summed E-state index contributed by atoms with van der Waals surface area (Å²) in [6, 6.07) is 3.75. The molecule has 0 saturated heterocycles. The molecule has 0 heterocycles. The van der Waals surface area contributed by atoms with Crippen LogP contribution in [0.15, 0.2) is 23.4 Å². The standard InChI is InChI=1S/C13H18FNO4S/c1-3-7-20(17,18)8-6-19-13-5-4-11(14)9-12(13)10(2)15-16/h4-5,9,16H,3,6-8H2,1-2H3/b15-10+. The van der Waals surface area contributed by atoms with Crippen molar-refractivity contribution in [3.05, 3.63) is 29.6 Å². The summed E-state index contributed by atoms with van der Waals surface area (Å²) in [4.78, 5) is 0. The fourth-order valence-corrected chi connectivity index (χ4v) is 2.82. The minimum atomic E-state index is -3.13. The molecule has 112 valence electrons. The van der Waals surface area contributed by atoms with Gasteiger partial charge >= 0.3 is 0 Å². The number of nitrogens with zero attached hydrogens (tertiary/aromatic N) is 1. The summed E-state index contributed by atoms with van der Waals surface area (Å²) in [5.41, 5.74) is 0.483. The van der Waals surface area contributed by atoms with Crippen molar-refractivity contribution in [3.63, 3.8) is 0 Å². The van der Waals surface area contributed by atoms with Gasteiger partial charge in [0.05, 0.1) is 17.2 Å². The number of rotatable bonds is 7. The van der Waals surface area contributed by atoms with Gasteiger partial charge in [0.15, 0.2) is 9.84 Å². The third-order valence-corrected chi connectivity index (χ3v) is 4.47. The van der Waals surface area contributed by atoms with E-state index < -0.39 is 15.7 Å². The average Bonchev–Trinajstić information content (AvgIpc) is 2.39. The Labute approximate surface area is 118 Å². The van der Waals surface area contributed by atoms with Crippen LogP contribution in [-0.4, -0.2) is 37.4 Å². The molecule has 0 bridgehead atoms. The highest BCUT2D eigenvalue weighted by Crippen LogP contribution is 2.20. The van der Waals surface area contributed by atoms with E-state index in [0.29, 0.717) is 12.0 Å². The molecular formula is C13H18FNO4S. The Morgan fingerprint density at radius 2 is 2.10 bits per heavy atom. The van der Waals surface area contributed by atoms with Gasteiger partial charge in [0.1, 0.15) is 18.2 Å². The average molecular weight is 303 g/mol. The Bertz CT molecular complexity index is 584. The van der Waals surface area contributed by atoms with Crippen molar-refractivity contribution in [1.82, 2.24) is 0 Å². The highest BCUT2D eigenvalue weighted by atomic mass is 32.2. The number of sulfone groups is 1. The fraction of sp³-hybridized carbons (Fsp3) is 0.462. The molecule has 0 aliphatic rings. The van der Waals surface area contributed by atoms with Crippen LogP contribution >= 0.6 is 0 Å². The van der Waals surface area contributed by atoms with Crippen LogP contribution in [0.1, 0.15) is 25.8 Å². The predicted octanol–water partition coefficient (Wildman–Crippen LogP) is 2.23. The van der Waals surface area contributed by atoms with Crippen molar-refractivity contribution >= 4 is 15.5 Å². The van der Waals surface area contributed by atoms with Gasteiger partial charge in [-0.25, -0.2) is 12.8 Å². The van der Waals surface area contributed by atoms with E-state index in [4.69, 9.17) is 9.94 Å². The molecule has 1 rings (SSSR count). The normalized spacial score (nSPS) is 12.4. The molecule has 7 heteroatoms. The first kappa shape index (κ1) is 16.4. The summed E-state index contributed by atoms with van der Waals surface area (Å²) in [5, 5.41) is 11.7. The largest absolute Gasteiger partial charge is 0.492 e. The summed E-state index contributed by atoms with van der Waals surface area (Å²) < 4.78 is 41.6. The Morgan fingerprint density at radius 3 is 2.70 bits per heavy atom. The third-order valence-electron chi connectivity index (χ3n) is 2.65. The summed E-state index contributed by atoms with van der Waals surface area (Å²) >= 11 is 0. The van der Waals surface area contributed by atoms with Crippen LogP contribution in [0, 0.1) is 5.82 Å². The first-order chi connectivity index (χ1) is 9.39. The van der Waals surface area contributed by atoms with Gasteiger partial charge in [0, 0.05) is 5.56 Å². The van der Waals surface area contributed by atoms with Crippen LogP contribution in [0.2, 0.25) is 0 Å². The Hall–Kier alpha value is -1.63. The number of hydrogen-bond acceptors (Lipinski definition) is 5. The molecule has 0 aliphatic carbocycles. The number of halogens is 1. The summed E-state index contributed by atoms with van der Waals surface area (Å²) in [7, 11) is -3.13. The zero-order valence-electron chi connectivity index (χ0n) is 11.5. The van der Waals surface area contributed by atoms with E-state index in [9.17, 15) is 12.8 Å². The minimum absolute atomic E-state index is 0.0281. The van der Waals surface area contributed by atoms with E-state index in [1.54, 1.807) is 6.92 Å². The number of oxime groups is 1. The molecule has 0 aromatic heterocycles. The van der Waals surface area contributed by atoms with Gasteiger partial charge in [0.2, 0.25) is 0 Å². The fourth-order valence-electron chi connectivity index (χ4n) is 1.66. The molecule has 20 heavy (non-hydrogen) atoms. The van der Waals surface area contributed by atoms with E-state index in [2.05, 4.69) is 5.16 Å². The summed E-state index contributed by atoms with van der Waals surface area (Å²) in [6.07, 6.45) is 0.556. The molecule has 0 spiro atoms. The Morgan fingerprint density at radius 1 is 1.40 bits per heavy atom. The second-order valence-corrected chi connectivity index (χ2v) is 6.63. The first-order valence-corrected chi connectivity index (χ1v) is 8.03. The molecular weight excluding hydrogens is 285 g/mol. The van der Waals surface area contributed by atoms with E-state index in [0.717, 1.165) is 0 Å². The summed E-state index contributed by atoms with van der Waals surface area (Å²) in [6.45, 7) is 3.26. The molecule has 0 fully saturated rings. The Balaban J connectivity index is 2.79. The number of hydrogen-bond donors (Lipinski definition) is 1. The van der Waals surface area contributed by atoms with Gasteiger partial charge in [-0.3, -0.25) is 0 Å². The first-order valence-electron chi connectivity index (χ1n) is 6.21. The van der Waals surface area contributed by atoms with Gasteiger partial charge in [0.25, 0.3) is 0 Å². The van der Waals surface area contributed by atoms with Gasteiger partial charge in [-0.1, -0.05) is 12.1 Å². The second-order valence-electron chi connectivity index (χ2n) is 4.33. The molecule has 1 aromatic rings. The lowest BCUT2D eigenvalue weighted by molar-refractivity contribution is 0.317. The molecule has 0 unspecified atom stereocenters. The number of benzene rings is 1. The highest BCUT2D eigenvalue weighted by molar-refractivity contribution is 7.91. The van der Waals surface area contributed by atoms with E-state index in [-0.39, 0.29) is 29.6 Å². The third kappa shape index (κ3) is 4.80.